The van der Waals surface area contributed by atoms with Gasteiger partial charge in [-0.05, 0) is 87.2 Å². The molecule has 0 saturated heterocycles. The van der Waals surface area contributed by atoms with E-state index in [9.17, 15) is 15.3 Å². The van der Waals surface area contributed by atoms with Crippen LogP contribution in [0.15, 0.2) is 47.1 Å². The fraction of sp³-hybridized carbons (Fsp3) is 0.704. The highest BCUT2D eigenvalue weighted by atomic mass is 16.3. The van der Waals surface area contributed by atoms with E-state index in [-0.39, 0.29) is 11.8 Å². The molecule has 3 aliphatic carbocycles. The van der Waals surface area contributed by atoms with Crippen molar-refractivity contribution in [1.29, 1.82) is 0 Å². The molecule has 0 aromatic heterocycles. The van der Waals surface area contributed by atoms with Crippen molar-refractivity contribution in [3.05, 3.63) is 47.1 Å². The zero-order chi connectivity index (χ0) is 24.6. The van der Waals surface area contributed by atoms with Crippen molar-refractivity contribution in [3.8, 4) is 0 Å². The molecule has 3 nitrogen and oxygen atoms in total. The van der Waals surface area contributed by atoms with Crippen LogP contribution < -0.4 is 0 Å². The first-order chi connectivity index (χ1) is 15.3. The molecule has 0 heterocycles. The molecule has 3 aliphatic rings. The maximum atomic E-state index is 10.2. The molecular formula is C27H42O3. The quantitative estimate of drug-likeness (QED) is 0.491. The van der Waals surface area contributed by atoms with Crippen LogP contribution in [0.4, 0.5) is 0 Å². The predicted octanol–water partition coefficient (Wildman–Crippen LogP) is 5.62. The molecule has 0 aromatic carbocycles. The van der Waals surface area contributed by atoms with Gasteiger partial charge in [0, 0.05) is 10.5 Å². The minimum Gasteiger partial charge on any atom is -0.393 e. The molecule has 2 saturated carbocycles. The number of aliphatic hydroxyl groups excluding tert-OH is 2. The molecule has 0 aromatic rings. The Morgan fingerprint density at radius 3 is 2.83 bits per heavy atom. The summed E-state index contributed by atoms with van der Waals surface area (Å²) < 4.78 is 25.7. The first-order valence-electron chi connectivity index (χ1n) is 13.1. The van der Waals surface area contributed by atoms with Crippen LogP contribution in [-0.2, 0) is 0 Å². The van der Waals surface area contributed by atoms with Crippen molar-refractivity contribution in [2.75, 3.05) is 0 Å². The first kappa shape index (κ1) is 19.5. The van der Waals surface area contributed by atoms with E-state index in [2.05, 4.69) is 19.6 Å². The minimum absolute atomic E-state index is 0.0472. The molecule has 3 heteroatoms. The highest BCUT2D eigenvalue weighted by Gasteiger charge is 2.45. The Bertz CT molecular complexity index is 831. The van der Waals surface area contributed by atoms with Crippen molar-refractivity contribution < 1.29 is 19.4 Å². The van der Waals surface area contributed by atoms with Gasteiger partial charge in [0.25, 0.3) is 0 Å². The summed E-state index contributed by atoms with van der Waals surface area (Å²) >= 11 is 0. The van der Waals surface area contributed by atoms with Gasteiger partial charge in [-0.15, -0.1) is 0 Å². The first-order valence-corrected chi connectivity index (χ1v) is 11.6. The smallest absolute Gasteiger partial charge is 0.0811 e. The van der Waals surface area contributed by atoms with Gasteiger partial charge in [-0.2, -0.15) is 0 Å². The summed E-state index contributed by atoms with van der Waals surface area (Å²) in [5, 5.41) is 30.3. The van der Waals surface area contributed by atoms with E-state index >= 15 is 0 Å². The molecule has 0 bridgehead atoms. The van der Waals surface area contributed by atoms with Crippen molar-refractivity contribution in [3.63, 3.8) is 0 Å². The third-order valence-corrected chi connectivity index (χ3v) is 7.39. The lowest BCUT2D eigenvalue weighted by atomic mass is 9.62. The van der Waals surface area contributed by atoms with E-state index in [1.54, 1.807) is 0 Å². The van der Waals surface area contributed by atoms with E-state index in [1.807, 2.05) is 26.0 Å². The van der Waals surface area contributed by atoms with Crippen LogP contribution >= 0.6 is 0 Å². The highest BCUT2D eigenvalue weighted by Crippen LogP contribution is 2.57. The van der Waals surface area contributed by atoms with Crippen molar-refractivity contribution in [1.82, 2.24) is 0 Å². The Kier molecular flexibility index (Phi) is 5.95. The lowest BCUT2D eigenvalue weighted by molar-refractivity contribution is 0.0670. The topological polar surface area (TPSA) is 60.7 Å². The Morgan fingerprint density at radius 1 is 1.37 bits per heavy atom. The maximum absolute atomic E-state index is 10.2. The van der Waals surface area contributed by atoms with Gasteiger partial charge in [-0.25, -0.2) is 0 Å². The van der Waals surface area contributed by atoms with E-state index in [0.717, 1.165) is 48.8 Å². The number of hydrogen-bond acceptors (Lipinski definition) is 3. The summed E-state index contributed by atoms with van der Waals surface area (Å²) in [6.07, 6.45) is 11.2. The number of fused-ring (bicyclic) bond motifs is 1. The number of aliphatic hydroxyl groups is 3. The van der Waals surface area contributed by atoms with Gasteiger partial charge >= 0.3 is 0 Å². The maximum Gasteiger partial charge on any atom is 0.0811 e. The van der Waals surface area contributed by atoms with Gasteiger partial charge in [0.2, 0.25) is 0 Å². The van der Waals surface area contributed by atoms with Gasteiger partial charge in [0.15, 0.2) is 0 Å². The van der Waals surface area contributed by atoms with E-state index in [4.69, 9.17) is 4.11 Å². The Hall–Kier alpha value is -1.16. The summed E-state index contributed by atoms with van der Waals surface area (Å²) in [6, 6.07) is 0. The summed E-state index contributed by atoms with van der Waals surface area (Å²) in [5.41, 5.74) is 2.21. The number of rotatable bonds is 6. The predicted molar refractivity (Wildman–Crippen MR) is 124 cm³/mol. The molecule has 3 N–H and O–H groups in total. The molecule has 2 fully saturated rings. The van der Waals surface area contributed by atoms with Crippen molar-refractivity contribution in [2.24, 2.45) is 17.3 Å². The van der Waals surface area contributed by atoms with E-state index < -0.39 is 30.1 Å². The van der Waals surface area contributed by atoms with E-state index in [0.29, 0.717) is 31.3 Å². The second-order valence-corrected chi connectivity index (χ2v) is 10.4. The molecule has 0 spiro atoms. The lowest BCUT2D eigenvalue weighted by Crippen LogP contribution is -2.32. The fourth-order valence-electron chi connectivity index (χ4n) is 5.66. The highest BCUT2D eigenvalue weighted by molar-refractivity contribution is 5.40. The van der Waals surface area contributed by atoms with Crippen LogP contribution in [0.2, 0.25) is 0 Å². The third kappa shape index (κ3) is 5.18. The Labute approximate surface area is 187 Å². The zero-order valence-corrected chi connectivity index (χ0v) is 19.0. The summed E-state index contributed by atoms with van der Waals surface area (Å²) in [6.45, 7) is 7.69. The Morgan fingerprint density at radius 2 is 2.13 bits per heavy atom. The SMILES string of the molecule is [2H]C([2H])([2H])[C@]12CCC/C(=C\C=C3\C[C@H](O)C[C@H](O)C3=C)[C@@H]1CC=C2[C@@H](C)CCCC(C)(C)O. The van der Waals surface area contributed by atoms with Crippen LogP contribution in [0.5, 0.6) is 0 Å². The van der Waals surface area contributed by atoms with Crippen LogP contribution in [0.25, 0.3) is 0 Å². The monoisotopic (exact) mass is 417 g/mol. The van der Waals surface area contributed by atoms with Gasteiger partial charge in [-0.1, -0.05) is 56.1 Å². The minimum atomic E-state index is -2.09. The number of allylic oxidation sites excluding steroid dienone is 5. The van der Waals surface area contributed by atoms with Crippen LogP contribution in [-0.4, -0.2) is 33.1 Å². The number of hydrogen-bond donors (Lipinski definition) is 3. The molecule has 0 radical (unpaired) electrons. The molecule has 5 atom stereocenters. The average molecular weight is 418 g/mol. The van der Waals surface area contributed by atoms with Crippen LogP contribution in [0.3, 0.4) is 0 Å². The van der Waals surface area contributed by atoms with Gasteiger partial charge in [0.05, 0.1) is 17.8 Å². The standard InChI is InChI=1S/C27H42O3/c1-18(8-6-14-26(3,4)30)23-12-13-24-20(9-7-15-27(23,24)5)10-11-21-16-22(28)17-25(29)19(21)2/h10-12,18,22,24-25,28-30H,2,6-9,13-17H2,1,3-5H3/b20-10+,21-11-/t18-,22-,24-,25-,27+/m0/s1/i5D3. The Balaban J connectivity index is 1.86. The van der Waals surface area contributed by atoms with Crippen LogP contribution in [0, 0.1) is 17.3 Å². The fourth-order valence-corrected chi connectivity index (χ4v) is 5.66. The summed E-state index contributed by atoms with van der Waals surface area (Å²) in [4.78, 5) is 0. The normalized spacial score (nSPS) is 38.1. The largest absolute Gasteiger partial charge is 0.393 e. The van der Waals surface area contributed by atoms with Crippen molar-refractivity contribution in [2.45, 2.75) is 103 Å². The van der Waals surface area contributed by atoms with Gasteiger partial charge in [0.1, 0.15) is 0 Å². The lowest BCUT2D eigenvalue weighted by Gasteiger charge is -2.42. The van der Waals surface area contributed by atoms with E-state index in [1.165, 1.54) is 0 Å². The summed E-state index contributed by atoms with van der Waals surface area (Å²) in [5.74, 6) is 0.118. The summed E-state index contributed by atoms with van der Waals surface area (Å²) in [7, 11) is 0. The molecule has 168 valence electrons. The molecule has 30 heavy (non-hydrogen) atoms. The third-order valence-electron chi connectivity index (χ3n) is 7.39. The molecular weight excluding hydrogens is 372 g/mol. The van der Waals surface area contributed by atoms with Gasteiger partial charge < -0.3 is 15.3 Å². The average Bonchev–Trinajstić information content (AvgIpc) is 3.10. The molecule has 0 unspecified atom stereocenters. The van der Waals surface area contributed by atoms with Crippen molar-refractivity contribution >= 4 is 0 Å². The second kappa shape index (κ2) is 9.14. The molecule has 3 rings (SSSR count). The second-order valence-electron chi connectivity index (χ2n) is 10.4. The zero-order valence-electron chi connectivity index (χ0n) is 22.0. The van der Waals surface area contributed by atoms with Crippen LogP contribution in [0.1, 0.15) is 89.5 Å². The molecule has 0 amide bonds. The van der Waals surface area contributed by atoms with Gasteiger partial charge in [-0.3, -0.25) is 0 Å². The molecule has 0 aliphatic heterocycles.